The van der Waals surface area contributed by atoms with Crippen molar-refractivity contribution < 1.29 is 14.3 Å². The Bertz CT molecular complexity index is 755. The maximum atomic E-state index is 13.1. The number of benzene rings is 2. The highest BCUT2D eigenvalue weighted by atomic mass is 19.1. The standard InChI is InChI=1S/C20H20FNO2/c21-17-7-5-16(6-8-17)20(9-10-20)18(23)22-13-19(24)11-14-3-1-2-4-15(14)12-19/h1-8,24H,9-13H2,(H,22,23). The van der Waals surface area contributed by atoms with Crippen LogP contribution in [0.25, 0.3) is 0 Å². The van der Waals surface area contributed by atoms with Gasteiger partial charge in [-0.2, -0.15) is 0 Å². The summed E-state index contributed by atoms with van der Waals surface area (Å²) in [4.78, 5) is 12.7. The Hall–Kier alpha value is -2.20. The number of carbonyl (C=O) groups is 1. The molecule has 2 N–H and O–H groups in total. The van der Waals surface area contributed by atoms with Crippen molar-refractivity contribution in [3.8, 4) is 0 Å². The van der Waals surface area contributed by atoms with Gasteiger partial charge in [0.25, 0.3) is 0 Å². The highest BCUT2D eigenvalue weighted by Crippen LogP contribution is 2.48. The van der Waals surface area contributed by atoms with Gasteiger partial charge in [-0.05, 0) is 41.7 Å². The van der Waals surface area contributed by atoms with E-state index in [0.717, 1.165) is 29.5 Å². The van der Waals surface area contributed by atoms with E-state index < -0.39 is 11.0 Å². The molecule has 4 rings (SSSR count). The summed E-state index contributed by atoms with van der Waals surface area (Å²) in [5, 5.41) is 13.7. The number of hydrogen-bond donors (Lipinski definition) is 2. The molecule has 3 nitrogen and oxygen atoms in total. The lowest BCUT2D eigenvalue weighted by Crippen LogP contribution is -2.46. The van der Waals surface area contributed by atoms with E-state index in [1.807, 2.05) is 24.3 Å². The molecule has 1 amide bonds. The van der Waals surface area contributed by atoms with Crippen LogP contribution in [0.15, 0.2) is 48.5 Å². The first-order valence-corrected chi connectivity index (χ1v) is 8.34. The summed E-state index contributed by atoms with van der Waals surface area (Å²) in [7, 11) is 0. The zero-order valence-corrected chi connectivity index (χ0v) is 13.4. The van der Waals surface area contributed by atoms with Crippen molar-refractivity contribution in [2.45, 2.75) is 36.7 Å². The molecule has 1 saturated carbocycles. The minimum Gasteiger partial charge on any atom is -0.387 e. The summed E-state index contributed by atoms with van der Waals surface area (Å²) in [6.45, 7) is 0.240. The van der Waals surface area contributed by atoms with Gasteiger partial charge in [0, 0.05) is 19.4 Å². The fraction of sp³-hybridized carbons (Fsp3) is 0.350. The number of carbonyl (C=O) groups excluding carboxylic acids is 1. The second kappa shape index (κ2) is 5.42. The second-order valence-electron chi connectivity index (χ2n) is 7.12. The van der Waals surface area contributed by atoms with Crippen molar-refractivity contribution in [3.63, 3.8) is 0 Å². The average Bonchev–Trinajstić information content (AvgIpc) is 3.30. The lowest BCUT2D eigenvalue weighted by atomic mass is 9.94. The Kier molecular flexibility index (Phi) is 3.46. The fourth-order valence-corrected chi connectivity index (χ4v) is 3.75. The highest BCUT2D eigenvalue weighted by Gasteiger charge is 2.51. The van der Waals surface area contributed by atoms with Gasteiger partial charge >= 0.3 is 0 Å². The predicted octanol–water partition coefficient (Wildman–Crippen LogP) is 2.50. The molecule has 0 bridgehead atoms. The number of aliphatic hydroxyl groups is 1. The van der Waals surface area contributed by atoms with Crippen LogP contribution in [0, 0.1) is 5.82 Å². The molecule has 2 aliphatic rings. The lowest BCUT2D eigenvalue weighted by Gasteiger charge is -2.24. The Balaban J connectivity index is 1.43. The van der Waals surface area contributed by atoms with Crippen LogP contribution in [-0.2, 0) is 23.1 Å². The van der Waals surface area contributed by atoms with E-state index in [1.165, 1.54) is 12.1 Å². The Morgan fingerprint density at radius 1 is 1.04 bits per heavy atom. The minimum absolute atomic E-state index is 0.0708. The molecule has 0 aromatic heterocycles. The van der Waals surface area contributed by atoms with Gasteiger partial charge < -0.3 is 10.4 Å². The molecule has 0 saturated heterocycles. The first-order valence-electron chi connectivity index (χ1n) is 8.34. The van der Waals surface area contributed by atoms with Crippen molar-refractivity contribution in [1.29, 1.82) is 0 Å². The number of fused-ring (bicyclic) bond motifs is 1. The molecule has 0 heterocycles. The van der Waals surface area contributed by atoms with E-state index in [2.05, 4.69) is 5.32 Å². The number of halogens is 1. The molecule has 0 radical (unpaired) electrons. The van der Waals surface area contributed by atoms with Crippen LogP contribution in [0.4, 0.5) is 4.39 Å². The molecule has 0 aliphatic heterocycles. The second-order valence-corrected chi connectivity index (χ2v) is 7.12. The van der Waals surface area contributed by atoms with E-state index >= 15 is 0 Å². The molecule has 2 aromatic carbocycles. The molecule has 0 atom stereocenters. The summed E-state index contributed by atoms with van der Waals surface area (Å²) in [5.41, 5.74) is 1.68. The maximum Gasteiger partial charge on any atom is 0.230 e. The first-order chi connectivity index (χ1) is 11.5. The van der Waals surface area contributed by atoms with E-state index in [0.29, 0.717) is 12.8 Å². The number of hydrogen-bond acceptors (Lipinski definition) is 2. The van der Waals surface area contributed by atoms with Crippen LogP contribution in [0.1, 0.15) is 29.5 Å². The van der Waals surface area contributed by atoms with Crippen molar-refractivity contribution in [1.82, 2.24) is 5.32 Å². The van der Waals surface area contributed by atoms with Crippen LogP contribution < -0.4 is 5.32 Å². The third kappa shape index (κ3) is 2.61. The van der Waals surface area contributed by atoms with Gasteiger partial charge in [-0.1, -0.05) is 36.4 Å². The van der Waals surface area contributed by atoms with Gasteiger partial charge in [-0.3, -0.25) is 4.79 Å². The van der Waals surface area contributed by atoms with E-state index in [4.69, 9.17) is 0 Å². The Labute approximate surface area is 140 Å². The minimum atomic E-state index is -0.918. The third-order valence-corrected chi connectivity index (χ3v) is 5.32. The number of amides is 1. The highest BCUT2D eigenvalue weighted by molar-refractivity contribution is 5.91. The molecular weight excluding hydrogens is 305 g/mol. The van der Waals surface area contributed by atoms with Crippen molar-refractivity contribution in [2.24, 2.45) is 0 Å². The smallest absolute Gasteiger partial charge is 0.230 e. The summed E-state index contributed by atoms with van der Waals surface area (Å²) < 4.78 is 13.1. The Morgan fingerprint density at radius 2 is 1.62 bits per heavy atom. The molecule has 2 aromatic rings. The quantitative estimate of drug-likeness (QED) is 0.907. The summed E-state index contributed by atoms with van der Waals surface area (Å²) in [6, 6.07) is 14.1. The van der Waals surface area contributed by atoms with Gasteiger partial charge in [-0.25, -0.2) is 4.39 Å². The zero-order chi connectivity index (χ0) is 16.8. The molecule has 124 valence electrons. The molecule has 0 spiro atoms. The zero-order valence-electron chi connectivity index (χ0n) is 13.4. The van der Waals surface area contributed by atoms with Crippen LogP contribution in [0.2, 0.25) is 0 Å². The summed E-state index contributed by atoms with van der Waals surface area (Å²) >= 11 is 0. The van der Waals surface area contributed by atoms with Crippen LogP contribution >= 0.6 is 0 Å². The van der Waals surface area contributed by atoms with Gasteiger partial charge in [0.2, 0.25) is 5.91 Å². The summed E-state index contributed by atoms with van der Waals surface area (Å²) in [6.07, 6.45) is 2.66. The van der Waals surface area contributed by atoms with Gasteiger partial charge in [0.1, 0.15) is 5.82 Å². The molecule has 0 unspecified atom stereocenters. The van der Waals surface area contributed by atoms with Crippen molar-refractivity contribution in [2.75, 3.05) is 6.54 Å². The molecule has 2 aliphatic carbocycles. The lowest BCUT2D eigenvalue weighted by molar-refractivity contribution is -0.124. The van der Waals surface area contributed by atoms with Crippen LogP contribution in [0.5, 0.6) is 0 Å². The molecular formula is C20H20FNO2. The fourth-order valence-electron chi connectivity index (χ4n) is 3.75. The van der Waals surface area contributed by atoms with Gasteiger partial charge in [0.05, 0.1) is 11.0 Å². The Morgan fingerprint density at radius 3 is 2.17 bits per heavy atom. The maximum absolute atomic E-state index is 13.1. The van der Waals surface area contributed by atoms with Gasteiger partial charge in [0.15, 0.2) is 0 Å². The van der Waals surface area contributed by atoms with Crippen molar-refractivity contribution in [3.05, 3.63) is 71.0 Å². The molecule has 24 heavy (non-hydrogen) atoms. The molecule has 4 heteroatoms. The van der Waals surface area contributed by atoms with Crippen LogP contribution in [-0.4, -0.2) is 23.2 Å². The van der Waals surface area contributed by atoms with E-state index in [1.54, 1.807) is 12.1 Å². The van der Waals surface area contributed by atoms with Gasteiger partial charge in [-0.15, -0.1) is 0 Å². The number of nitrogens with one attached hydrogen (secondary N) is 1. The topological polar surface area (TPSA) is 49.3 Å². The SMILES string of the molecule is O=C(NCC1(O)Cc2ccccc2C1)C1(c2ccc(F)cc2)CC1. The van der Waals surface area contributed by atoms with Crippen molar-refractivity contribution >= 4 is 5.91 Å². The monoisotopic (exact) mass is 325 g/mol. The molecule has 1 fully saturated rings. The largest absolute Gasteiger partial charge is 0.387 e. The third-order valence-electron chi connectivity index (χ3n) is 5.32. The first kappa shape index (κ1) is 15.3. The number of rotatable bonds is 4. The predicted molar refractivity (Wildman–Crippen MR) is 89.1 cm³/mol. The normalized spacial score (nSPS) is 19.6. The summed E-state index contributed by atoms with van der Waals surface area (Å²) in [5.74, 6) is -0.369. The average molecular weight is 325 g/mol. The van der Waals surface area contributed by atoms with E-state index in [-0.39, 0.29) is 18.3 Å². The van der Waals surface area contributed by atoms with Crippen LogP contribution in [0.3, 0.4) is 0 Å². The van der Waals surface area contributed by atoms with E-state index in [9.17, 15) is 14.3 Å².